The minimum absolute atomic E-state index is 0.0273. The summed E-state index contributed by atoms with van der Waals surface area (Å²) >= 11 is 0. The zero-order valence-corrected chi connectivity index (χ0v) is 13.7. The van der Waals surface area contributed by atoms with Crippen LogP contribution in [-0.2, 0) is 17.5 Å². The predicted molar refractivity (Wildman–Crippen MR) is 85.3 cm³/mol. The number of amides is 1. The van der Waals surface area contributed by atoms with Gasteiger partial charge in [0.25, 0.3) is 0 Å². The fourth-order valence-corrected chi connectivity index (χ4v) is 2.22. The third-order valence-corrected chi connectivity index (χ3v) is 3.42. The van der Waals surface area contributed by atoms with Crippen molar-refractivity contribution in [1.29, 1.82) is 0 Å². The summed E-state index contributed by atoms with van der Waals surface area (Å²) < 4.78 is 41.7. The van der Waals surface area contributed by atoms with Crippen molar-refractivity contribution >= 4 is 5.91 Å². The van der Waals surface area contributed by atoms with Crippen LogP contribution in [0.1, 0.15) is 31.2 Å². The first-order chi connectivity index (χ1) is 11.8. The Hall–Kier alpha value is -2.64. The lowest BCUT2D eigenvalue weighted by Gasteiger charge is -2.21. The molecule has 0 atom stereocenters. The minimum atomic E-state index is -4.67. The third kappa shape index (κ3) is 4.91. The second-order valence-electron chi connectivity index (χ2n) is 5.43. The van der Waals surface area contributed by atoms with E-state index in [1.54, 1.807) is 35.2 Å². The van der Waals surface area contributed by atoms with E-state index < -0.39 is 12.1 Å². The normalized spacial score (nSPS) is 11.4. The zero-order chi connectivity index (χ0) is 18.4. The van der Waals surface area contributed by atoms with Gasteiger partial charge in [0.1, 0.15) is 0 Å². The molecular weight excluding hydrogens is 335 g/mol. The smallest absolute Gasteiger partial charge is 0.335 e. The maximum Gasteiger partial charge on any atom is 0.471 e. The monoisotopic (exact) mass is 353 g/mol. The first kappa shape index (κ1) is 18.7. The van der Waals surface area contributed by atoms with Gasteiger partial charge < -0.3 is 9.42 Å². The average molecular weight is 353 g/mol. The number of rotatable bonds is 7. The van der Waals surface area contributed by atoms with E-state index in [4.69, 9.17) is 0 Å². The molecule has 0 aliphatic carbocycles. The topological polar surface area (TPSA) is 59.2 Å². The van der Waals surface area contributed by atoms with Crippen LogP contribution in [0.4, 0.5) is 13.2 Å². The molecule has 0 bridgehead atoms. The highest BCUT2D eigenvalue weighted by Gasteiger charge is 2.38. The molecule has 0 N–H and O–H groups in total. The van der Waals surface area contributed by atoms with Gasteiger partial charge in [-0.1, -0.05) is 42.4 Å². The van der Waals surface area contributed by atoms with E-state index >= 15 is 0 Å². The molecule has 8 heteroatoms. The molecule has 1 heterocycles. The van der Waals surface area contributed by atoms with E-state index in [0.29, 0.717) is 25.1 Å². The van der Waals surface area contributed by atoms with Gasteiger partial charge in [-0.2, -0.15) is 18.2 Å². The van der Waals surface area contributed by atoms with Gasteiger partial charge in [-0.05, 0) is 12.0 Å². The minimum Gasteiger partial charge on any atom is -0.335 e. The highest BCUT2D eigenvalue weighted by Crippen LogP contribution is 2.29. The Labute approximate surface area is 143 Å². The van der Waals surface area contributed by atoms with Crippen LogP contribution in [-0.4, -0.2) is 27.5 Å². The maximum atomic E-state index is 12.5. The van der Waals surface area contributed by atoms with Crippen LogP contribution in [0.25, 0.3) is 11.4 Å². The third-order valence-electron chi connectivity index (χ3n) is 3.42. The van der Waals surface area contributed by atoms with Crippen LogP contribution in [0, 0.1) is 0 Å². The van der Waals surface area contributed by atoms with Gasteiger partial charge in [0, 0.05) is 25.1 Å². The SMILES string of the molecule is C=CCN(Cc1ccc(-c2noc(C(F)(F)F)n2)cc1)C(=O)CCC. The quantitative estimate of drug-likeness (QED) is 0.704. The van der Waals surface area contributed by atoms with Crippen LogP contribution < -0.4 is 0 Å². The van der Waals surface area contributed by atoms with Gasteiger partial charge in [-0.15, -0.1) is 6.58 Å². The Morgan fingerprint density at radius 2 is 2.00 bits per heavy atom. The van der Waals surface area contributed by atoms with Crippen molar-refractivity contribution in [2.75, 3.05) is 6.54 Å². The van der Waals surface area contributed by atoms with Crippen LogP contribution in [0.15, 0.2) is 41.4 Å². The molecule has 0 unspecified atom stereocenters. The van der Waals surface area contributed by atoms with E-state index in [-0.39, 0.29) is 11.7 Å². The Morgan fingerprint density at radius 1 is 1.32 bits per heavy atom. The van der Waals surface area contributed by atoms with Gasteiger partial charge in [0.15, 0.2) is 0 Å². The molecule has 1 aromatic heterocycles. The molecule has 2 aromatic rings. The number of carbonyl (C=O) groups is 1. The molecule has 5 nitrogen and oxygen atoms in total. The summed E-state index contributed by atoms with van der Waals surface area (Å²) in [5.74, 6) is -1.49. The molecule has 0 aliphatic rings. The number of hydrogen-bond acceptors (Lipinski definition) is 4. The second kappa shape index (κ2) is 7.96. The van der Waals surface area contributed by atoms with E-state index in [0.717, 1.165) is 12.0 Å². The summed E-state index contributed by atoms with van der Waals surface area (Å²) in [5, 5.41) is 3.34. The van der Waals surface area contributed by atoms with E-state index in [1.165, 1.54) is 0 Å². The van der Waals surface area contributed by atoms with Gasteiger partial charge in [-0.25, -0.2) is 0 Å². The molecule has 0 radical (unpaired) electrons. The van der Waals surface area contributed by atoms with Crippen LogP contribution >= 0.6 is 0 Å². The molecule has 0 spiro atoms. The molecule has 25 heavy (non-hydrogen) atoms. The number of hydrogen-bond donors (Lipinski definition) is 0. The van der Waals surface area contributed by atoms with E-state index in [9.17, 15) is 18.0 Å². The lowest BCUT2D eigenvalue weighted by atomic mass is 10.1. The van der Waals surface area contributed by atoms with Gasteiger partial charge >= 0.3 is 12.1 Å². The van der Waals surface area contributed by atoms with Crippen molar-refractivity contribution in [3.63, 3.8) is 0 Å². The molecular formula is C17H18F3N3O2. The van der Waals surface area contributed by atoms with Gasteiger partial charge in [0.2, 0.25) is 11.7 Å². The molecule has 0 fully saturated rings. The highest BCUT2D eigenvalue weighted by molar-refractivity contribution is 5.76. The highest BCUT2D eigenvalue weighted by atomic mass is 19.4. The number of benzene rings is 1. The predicted octanol–water partition coefficient (Wildman–Crippen LogP) is 4.07. The zero-order valence-electron chi connectivity index (χ0n) is 13.7. The van der Waals surface area contributed by atoms with Crippen molar-refractivity contribution in [2.24, 2.45) is 0 Å². The van der Waals surface area contributed by atoms with Crippen LogP contribution in [0.5, 0.6) is 0 Å². The molecule has 0 aliphatic heterocycles. The summed E-state index contributed by atoms with van der Waals surface area (Å²) in [6.07, 6.45) is -1.81. The van der Waals surface area contributed by atoms with E-state index in [2.05, 4.69) is 21.2 Å². The molecule has 1 aromatic carbocycles. The van der Waals surface area contributed by atoms with Crippen molar-refractivity contribution in [3.8, 4) is 11.4 Å². The summed E-state index contributed by atoms with van der Waals surface area (Å²) in [6.45, 7) is 6.40. The summed E-state index contributed by atoms with van der Waals surface area (Å²) in [4.78, 5) is 17.1. The molecule has 0 saturated carbocycles. The lowest BCUT2D eigenvalue weighted by molar-refractivity contribution is -0.159. The van der Waals surface area contributed by atoms with Crippen LogP contribution in [0.3, 0.4) is 0 Å². The summed E-state index contributed by atoms with van der Waals surface area (Å²) in [6, 6.07) is 6.62. The standard InChI is InChI=1S/C17H18F3N3O2/c1-3-5-14(24)23(10-4-2)11-12-6-8-13(9-7-12)15-21-16(25-22-15)17(18,19)20/h4,6-9H,2-3,5,10-11H2,1H3. The Morgan fingerprint density at radius 3 is 2.52 bits per heavy atom. The largest absolute Gasteiger partial charge is 0.471 e. The first-order valence-corrected chi connectivity index (χ1v) is 7.74. The number of alkyl halides is 3. The van der Waals surface area contributed by atoms with Crippen molar-refractivity contribution in [3.05, 3.63) is 48.4 Å². The number of halogens is 3. The molecule has 0 saturated heterocycles. The summed E-state index contributed by atoms with van der Waals surface area (Å²) in [7, 11) is 0. The van der Waals surface area contributed by atoms with Crippen LogP contribution in [0.2, 0.25) is 0 Å². The lowest BCUT2D eigenvalue weighted by Crippen LogP contribution is -2.30. The fraction of sp³-hybridized carbons (Fsp3) is 0.353. The van der Waals surface area contributed by atoms with E-state index in [1.807, 2.05) is 6.92 Å². The van der Waals surface area contributed by atoms with Gasteiger partial charge in [0.05, 0.1) is 0 Å². The molecule has 1 amide bonds. The Kier molecular flexibility index (Phi) is 5.95. The Bertz CT molecular complexity index is 723. The van der Waals surface area contributed by atoms with Gasteiger partial charge in [-0.3, -0.25) is 4.79 Å². The fourth-order valence-electron chi connectivity index (χ4n) is 2.22. The van der Waals surface area contributed by atoms with Crippen molar-refractivity contribution in [1.82, 2.24) is 15.0 Å². The average Bonchev–Trinajstić information content (AvgIpc) is 3.05. The summed E-state index contributed by atoms with van der Waals surface area (Å²) in [5.41, 5.74) is 1.24. The molecule has 2 rings (SSSR count). The maximum absolute atomic E-state index is 12.5. The number of aromatic nitrogens is 2. The second-order valence-corrected chi connectivity index (χ2v) is 5.43. The molecule has 134 valence electrons. The first-order valence-electron chi connectivity index (χ1n) is 7.74. The van der Waals surface area contributed by atoms with Crippen molar-refractivity contribution in [2.45, 2.75) is 32.5 Å². The Balaban J connectivity index is 2.12. The number of carbonyl (C=O) groups excluding carboxylic acids is 1. The number of nitrogens with zero attached hydrogens (tertiary/aromatic N) is 3. The van der Waals surface area contributed by atoms with Crippen molar-refractivity contribution < 1.29 is 22.5 Å².